The maximum Gasteiger partial charge on any atom is 0.410 e. The van der Waals surface area contributed by atoms with Crippen molar-refractivity contribution < 1.29 is 24.2 Å². The van der Waals surface area contributed by atoms with Crippen molar-refractivity contribution >= 4 is 12.1 Å². The van der Waals surface area contributed by atoms with Gasteiger partial charge in [-0.05, 0) is 51.9 Å². The molecule has 2 fully saturated rings. The number of amides is 1. The molecule has 2 aromatic rings. The van der Waals surface area contributed by atoms with Gasteiger partial charge in [0.05, 0.1) is 12.1 Å². The van der Waals surface area contributed by atoms with E-state index in [1.807, 2.05) is 0 Å². The van der Waals surface area contributed by atoms with Crippen LogP contribution in [-0.2, 0) is 23.2 Å². The molecule has 0 saturated heterocycles. The number of aliphatic carboxylic acids is 1. The fourth-order valence-electron chi connectivity index (χ4n) is 4.23. The van der Waals surface area contributed by atoms with Crippen molar-refractivity contribution in [2.45, 2.75) is 70.6 Å². The first-order valence-electron chi connectivity index (χ1n) is 11.3. The lowest BCUT2D eigenvalue weighted by Gasteiger charge is -2.33. The van der Waals surface area contributed by atoms with Crippen LogP contribution in [0.5, 0.6) is 5.88 Å². The molecule has 0 radical (unpaired) electrons. The lowest BCUT2D eigenvalue weighted by Crippen LogP contribution is -2.41. The molecular formula is C22H30N6O5. The van der Waals surface area contributed by atoms with E-state index in [9.17, 15) is 14.7 Å². The number of carbonyl (C=O) groups excluding carboxylic acids is 1. The summed E-state index contributed by atoms with van der Waals surface area (Å²) in [7, 11) is 3.49. The normalized spacial score (nSPS) is 20.7. The first kappa shape index (κ1) is 22.9. The van der Waals surface area contributed by atoms with Crippen molar-refractivity contribution in [1.82, 2.24) is 29.9 Å². The first-order valence-corrected chi connectivity index (χ1v) is 11.3. The number of carbonyl (C=O) groups is 2. The minimum atomic E-state index is -0.781. The molecule has 1 N–H and O–H groups in total. The van der Waals surface area contributed by atoms with Gasteiger partial charge in [-0.15, -0.1) is 5.10 Å². The van der Waals surface area contributed by atoms with Gasteiger partial charge in [0.2, 0.25) is 5.88 Å². The highest BCUT2D eigenvalue weighted by molar-refractivity contribution is 5.70. The molecule has 1 amide bonds. The Morgan fingerprint density at radius 1 is 1.24 bits per heavy atom. The Labute approximate surface area is 192 Å². The molecule has 0 aromatic carbocycles. The fourth-order valence-corrected chi connectivity index (χ4v) is 4.23. The van der Waals surface area contributed by atoms with Crippen molar-refractivity contribution in [3.05, 3.63) is 17.6 Å². The lowest BCUT2D eigenvalue weighted by molar-refractivity contribution is -0.143. The standard InChI is InChI=1S/C22H30N6O5/c1-13-20(33-16-9-4-6-14(10-16)21(29)30)23-11-17(24-13)19-18(28(3)26-25-19)12-32-22(31)27(2)15-7-5-8-15/h11,14-16H,4-10,12H2,1-3H3,(H,29,30)/t14-,16-/m0/s1. The second kappa shape index (κ2) is 9.72. The number of carboxylic acid groups (broad SMARTS) is 1. The predicted molar refractivity (Wildman–Crippen MR) is 116 cm³/mol. The highest BCUT2D eigenvalue weighted by Gasteiger charge is 2.29. The van der Waals surface area contributed by atoms with Gasteiger partial charge >= 0.3 is 12.1 Å². The Hall–Kier alpha value is -3.24. The van der Waals surface area contributed by atoms with Gasteiger partial charge in [0.25, 0.3) is 0 Å². The summed E-state index contributed by atoms with van der Waals surface area (Å²) in [6, 6.07) is 0.248. The largest absolute Gasteiger partial charge is 0.481 e. The summed E-state index contributed by atoms with van der Waals surface area (Å²) in [5.74, 6) is -0.783. The summed E-state index contributed by atoms with van der Waals surface area (Å²) < 4.78 is 13.0. The number of aryl methyl sites for hydroxylation is 2. The number of hydrogen-bond donors (Lipinski definition) is 1. The van der Waals surface area contributed by atoms with Gasteiger partial charge in [-0.1, -0.05) is 5.21 Å². The van der Waals surface area contributed by atoms with E-state index in [2.05, 4.69) is 20.3 Å². The molecular weight excluding hydrogens is 428 g/mol. The number of hydrogen-bond acceptors (Lipinski definition) is 8. The van der Waals surface area contributed by atoms with Crippen LogP contribution in [0.3, 0.4) is 0 Å². The Balaban J connectivity index is 1.43. The smallest absolute Gasteiger partial charge is 0.410 e. The topological polar surface area (TPSA) is 133 Å². The van der Waals surface area contributed by atoms with Crippen molar-refractivity contribution in [2.75, 3.05) is 7.05 Å². The Bertz CT molecular complexity index is 1020. The third-order valence-electron chi connectivity index (χ3n) is 6.58. The molecule has 11 heteroatoms. The highest BCUT2D eigenvalue weighted by atomic mass is 16.6. The van der Waals surface area contributed by atoms with Crippen molar-refractivity contribution in [2.24, 2.45) is 13.0 Å². The van der Waals surface area contributed by atoms with Crippen LogP contribution in [0.1, 0.15) is 56.3 Å². The van der Waals surface area contributed by atoms with E-state index in [-0.39, 0.29) is 30.8 Å². The summed E-state index contributed by atoms with van der Waals surface area (Å²) in [5.41, 5.74) is 2.17. The molecule has 4 rings (SSSR count). The molecule has 2 aromatic heterocycles. The predicted octanol–water partition coefficient (Wildman–Crippen LogP) is 2.72. The molecule has 11 nitrogen and oxygen atoms in total. The number of ether oxygens (including phenoxy) is 2. The van der Waals surface area contributed by atoms with Crippen molar-refractivity contribution in [1.29, 1.82) is 0 Å². The van der Waals surface area contributed by atoms with Crippen LogP contribution in [0.2, 0.25) is 0 Å². The van der Waals surface area contributed by atoms with Gasteiger partial charge in [-0.3, -0.25) is 4.79 Å². The number of carboxylic acids is 1. The average molecular weight is 459 g/mol. The monoisotopic (exact) mass is 458 g/mol. The van der Waals surface area contributed by atoms with Gasteiger partial charge in [0.1, 0.15) is 35.5 Å². The Morgan fingerprint density at radius 3 is 2.67 bits per heavy atom. The third-order valence-corrected chi connectivity index (χ3v) is 6.58. The van der Waals surface area contributed by atoms with Gasteiger partial charge < -0.3 is 19.5 Å². The number of aromatic nitrogens is 5. The lowest BCUT2D eigenvalue weighted by atomic mass is 9.87. The van der Waals surface area contributed by atoms with E-state index in [4.69, 9.17) is 9.47 Å². The SMILES string of the molecule is Cc1nc(-c2nnn(C)c2COC(=O)N(C)C2CCC2)cnc1O[C@H]1CCC[C@H](C(=O)O)C1. The molecule has 0 spiro atoms. The van der Waals surface area contributed by atoms with Crippen LogP contribution in [0.4, 0.5) is 4.79 Å². The second-order valence-corrected chi connectivity index (χ2v) is 8.85. The molecule has 2 saturated carbocycles. The molecule has 0 unspecified atom stereocenters. The van der Waals surface area contributed by atoms with Crippen LogP contribution in [0.25, 0.3) is 11.4 Å². The molecule has 0 aliphatic heterocycles. The average Bonchev–Trinajstić information content (AvgIpc) is 3.12. The van der Waals surface area contributed by atoms with E-state index < -0.39 is 5.97 Å². The van der Waals surface area contributed by atoms with Crippen LogP contribution >= 0.6 is 0 Å². The minimum absolute atomic E-state index is 0.0202. The molecule has 2 heterocycles. The van der Waals surface area contributed by atoms with Gasteiger partial charge in [-0.2, -0.15) is 0 Å². The quantitative estimate of drug-likeness (QED) is 0.665. The van der Waals surface area contributed by atoms with Gasteiger partial charge in [0, 0.05) is 20.1 Å². The van der Waals surface area contributed by atoms with Crippen molar-refractivity contribution in [3.63, 3.8) is 0 Å². The van der Waals surface area contributed by atoms with Crippen LogP contribution in [-0.4, -0.2) is 66.2 Å². The molecule has 2 atom stereocenters. The van der Waals surface area contributed by atoms with Gasteiger partial charge in [0.15, 0.2) is 0 Å². The van der Waals surface area contributed by atoms with E-state index in [1.54, 1.807) is 36.8 Å². The number of rotatable bonds is 7. The summed E-state index contributed by atoms with van der Waals surface area (Å²) in [4.78, 5) is 34.3. The first-order chi connectivity index (χ1) is 15.8. The summed E-state index contributed by atoms with van der Waals surface area (Å²) in [6.07, 6.45) is 6.87. The summed E-state index contributed by atoms with van der Waals surface area (Å²) in [6.45, 7) is 1.80. The Kier molecular flexibility index (Phi) is 6.75. The maximum absolute atomic E-state index is 12.4. The fraction of sp³-hybridized carbons (Fsp3) is 0.636. The highest BCUT2D eigenvalue weighted by Crippen LogP contribution is 2.29. The molecule has 0 bridgehead atoms. The zero-order valence-electron chi connectivity index (χ0n) is 19.2. The molecule has 2 aliphatic rings. The zero-order chi connectivity index (χ0) is 23.5. The van der Waals surface area contributed by atoms with Gasteiger partial charge in [-0.25, -0.2) is 19.4 Å². The zero-order valence-corrected chi connectivity index (χ0v) is 19.2. The summed E-state index contributed by atoms with van der Waals surface area (Å²) >= 11 is 0. The second-order valence-electron chi connectivity index (χ2n) is 8.85. The van der Waals surface area contributed by atoms with E-state index >= 15 is 0 Å². The maximum atomic E-state index is 12.4. The van der Waals surface area contributed by atoms with Crippen LogP contribution in [0.15, 0.2) is 6.20 Å². The van der Waals surface area contributed by atoms with E-state index in [0.29, 0.717) is 41.5 Å². The van der Waals surface area contributed by atoms with E-state index in [0.717, 1.165) is 32.1 Å². The summed E-state index contributed by atoms with van der Waals surface area (Å²) in [5, 5.41) is 17.5. The molecule has 2 aliphatic carbocycles. The molecule has 178 valence electrons. The van der Waals surface area contributed by atoms with E-state index in [1.165, 1.54) is 0 Å². The molecule has 33 heavy (non-hydrogen) atoms. The number of nitrogens with zero attached hydrogens (tertiary/aromatic N) is 6. The van der Waals surface area contributed by atoms with Crippen molar-refractivity contribution in [3.8, 4) is 17.3 Å². The Morgan fingerprint density at radius 2 is 2.00 bits per heavy atom. The van der Waals surface area contributed by atoms with Crippen LogP contribution < -0.4 is 4.74 Å². The van der Waals surface area contributed by atoms with Crippen LogP contribution in [0, 0.1) is 12.8 Å². The third kappa shape index (κ3) is 5.07. The minimum Gasteiger partial charge on any atom is -0.481 e.